The average Bonchev–Trinajstić information content (AvgIpc) is 3.12. The first-order chi connectivity index (χ1) is 13.0. The van der Waals surface area contributed by atoms with Gasteiger partial charge in [-0.05, 0) is 72.9 Å². The molecule has 2 aromatic heterocycles. The minimum atomic E-state index is -0.127. The standard InChI is InChI=1S/C20H19IN4OS/c1-11-16(17(21)12(2)23-11)19-18(13-7-5-6-10-22-13)24-20(27)25(19)14-8-3-4-9-15(14)26/h3-10,18-19,23,26H,1-2H3,(H,24,27)/t18-,19+/m1/s1. The Bertz CT molecular complexity index is 1000. The van der Waals surface area contributed by atoms with Crippen LogP contribution in [0.5, 0.6) is 5.75 Å². The van der Waals surface area contributed by atoms with Crippen molar-refractivity contribution < 1.29 is 5.11 Å². The Labute approximate surface area is 177 Å². The lowest BCUT2D eigenvalue weighted by Gasteiger charge is -2.29. The molecule has 1 aliphatic heterocycles. The van der Waals surface area contributed by atoms with E-state index in [2.05, 4.69) is 51.7 Å². The number of hydrogen-bond donors (Lipinski definition) is 3. The van der Waals surface area contributed by atoms with E-state index in [0.29, 0.717) is 10.8 Å². The second-order valence-corrected chi connectivity index (χ2v) is 8.05. The van der Waals surface area contributed by atoms with Gasteiger partial charge >= 0.3 is 0 Å². The number of aromatic hydroxyl groups is 1. The molecule has 0 unspecified atom stereocenters. The maximum Gasteiger partial charge on any atom is 0.174 e. The van der Waals surface area contributed by atoms with E-state index in [4.69, 9.17) is 12.2 Å². The predicted octanol–water partition coefficient (Wildman–Crippen LogP) is 4.51. The highest BCUT2D eigenvalue weighted by molar-refractivity contribution is 14.1. The van der Waals surface area contributed by atoms with Crippen molar-refractivity contribution in [2.24, 2.45) is 0 Å². The molecule has 3 heterocycles. The Morgan fingerprint density at radius 1 is 1.11 bits per heavy atom. The number of para-hydroxylation sites is 2. The quantitative estimate of drug-likeness (QED) is 0.373. The SMILES string of the molecule is Cc1[nH]c(C)c([C@H]2[C@@H](c3ccccn3)NC(=S)N2c2ccccc2O)c1I. The zero-order valence-corrected chi connectivity index (χ0v) is 17.9. The summed E-state index contributed by atoms with van der Waals surface area (Å²) in [6, 6.07) is 12.9. The molecule has 2 atom stereocenters. The average molecular weight is 490 g/mol. The number of nitrogens with one attached hydrogen (secondary N) is 2. The summed E-state index contributed by atoms with van der Waals surface area (Å²) in [6.45, 7) is 4.14. The van der Waals surface area contributed by atoms with Gasteiger partial charge in [0, 0.05) is 26.7 Å². The number of halogens is 1. The van der Waals surface area contributed by atoms with Crippen LogP contribution in [0.1, 0.15) is 34.7 Å². The molecule has 5 nitrogen and oxygen atoms in total. The molecular formula is C20H19IN4OS. The van der Waals surface area contributed by atoms with E-state index in [0.717, 1.165) is 17.1 Å². The summed E-state index contributed by atoms with van der Waals surface area (Å²) in [7, 11) is 0. The smallest absolute Gasteiger partial charge is 0.174 e. The van der Waals surface area contributed by atoms with Gasteiger partial charge in [-0.1, -0.05) is 18.2 Å². The van der Waals surface area contributed by atoms with Crippen molar-refractivity contribution in [3.8, 4) is 5.75 Å². The Kier molecular flexibility index (Phi) is 4.81. The third kappa shape index (κ3) is 3.08. The number of benzene rings is 1. The molecule has 0 aliphatic carbocycles. The van der Waals surface area contributed by atoms with Crippen LogP contribution in [0.2, 0.25) is 0 Å². The molecule has 4 rings (SSSR count). The number of aromatic amines is 1. The van der Waals surface area contributed by atoms with E-state index in [-0.39, 0.29) is 17.8 Å². The number of nitrogens with zero attached hydrogens (tertiary/aromatic N) is 2. The number of pyridine rings is 1. The number of hydrogen-bond acceptors (Lipinski definition) is 3. The lowest BCUT2D eigenvalue weighted by atomic mass is 9.96. The lowest BCUT2D eigenvalue weighted by molar-refractivity contribution is 0.472. The second-order valence-electron chi connectivity index (χ2n) is 6.59. The fourth-order valence-electron chi connectivity index (χ4n) is 3.70. The molecule has 0 radical (unpaired) electrons. The summed E-state index contributed by atoms with van der Waals surface area (Å²) >= 11 is 8.07. The van der Waals surface area contributed by atoms with E-state index in [1.807, 2.05) is 41.3 Å². The van der Waals surface area contributed by atoms with Crippen LogP contribution in [-0.4, -0.2) is 20.2 Å². The van der Waals surface area contributed by atoms with Crippen molar-refractivity contribution in [1.82, 2.24) is 15.3 Å². The summed E-state index contributed by atoms with van der Waals surface area (Å²) < 4.78 is 1.17. The van der Waals surface area contributed by atoms with Crippen molar-refractivity contribution in [2.45, 2.75) is 25.9 Å². The molecule has 0 spiro atoms. The fourth-order valence-corrected chi connectivity index (χ4v) is 4.89. The van der Waals surface area contributed by atoms with E-state index < -0.39 is 0 Å². The second kappa shape index (κ2) is 7.12. The van der Waals surface area contributed by atoms with Crippen LogP contribution < -0.4 is 10.2 Å². The van der Waals surface area contributed by atoms with Crippen LogP contribution in [0.3, 0.4) is 0 Å². The van der Waals surface area contributed by atoms with Crippen LogP contribution in [0.4, 0.5) is 5.69 Å². The molecule has 27 heavy (non-hydrogen) atoms. The number of anilines is 1. The Balaban J connectivity index is 1.92. The number of H-pyrrole nitrogens is 1. The first-order valence-corrected chi connectivity index (χ1v) is 10.1. The summed E-state index contributed by atoms with van der Waals surface area (Å²) in [5.74, 6) is 0.202. The van der Waals surface area contributed by atoms with Gasteiger partial charge in [0.2, 0.25) is 0 Å². The van der Waals surface area contributed by atoms with Crippen LogP contribution in [0.15, 0.2) is 48.7 Å². The van der Waals surface area contributed by atoms with E-state index in [9.17, 15) is 5.11 Å². The summed E-state index contributed by atoms with van der Waals surface area (Å²) in [4.78, 5) is 10.0. The molecule has 1 saturated heterocycles. The molecule has 0 bridgehead atoms. The summed E-state index contributed by atoms with van der Waals surface area (Å²) in [5, 5.41) is 14.5. The van der Waals surface area contributed by atoms with E-state index >= 15 is 0 Å². The van der Waals surface area contributed by atoms with Crippen molar-refractivity contribution in [2.75, 3.05) is 4.90 Å². The Morgan fingerprint density at radius 3 is 2.48 bits per heavy atom. The van der Waals surface area contributed by atoms with Gasteiger partial charge in [0.15, 0.2) is 5.11 Å². The molecule has 1 aromatic carbocycles. The Morgan fingerprint density at radius 2 is 1.85 bits per heavy atom. The summed E-state index contributed by atoms with van der Waals surface area (Å²) in [6.07, 6.45) is 1.79. The highest BCUT2D eigenvalue weighted by Gasteiger charge is 2.43. The maximum absolute atomic E-state index is 10.5. The van der Waals surface area contributed by atoms with Gasteiger partial charge in [-0.25, -0.2) is 0 Å². The number of thiocarbonyl (C=S) groups is 1. The van der Waals surface area contributed by atoms with E-state index in [1.165, 1.54) is 9.13 Å². The molecule has 0 saturated carbocycles. The lowest BCUT2D eigenvalue weighted by Crippen LogP contribution is -2.29. The van der Waals surface area contributed by atoms with Crippen LogP contribution in [0.25, 0.3) is 0 Å². The molecule has 1 fully saturated rings. The van der Waals surface area contributed by atoms with E-state index in [1.54, 1.807) is 12.3 Å². The zero-order valence-electron chi connectivity index (χ0n) is 14.9. The molecule has 1 aliphatic rings. The zero-order chi connectivity index (χ0) is 19.1. The third-order valence-electron chi connectivity index (χ3n) is 4.88. The van der Waals surface area contributed by atoms with Gasteiger partial charge in [0.25, 0.3) is 0 Å². The van der Waals surface area contributed by atoms with Gasteiger partial charge in [-0.2, -0.15) is 0 Å². The highest BCUT2D eigenvalue weighted by Crippen LogP contribution is 2.46. The maximum atomic E-state index is 10.5. The molecule has 3 aromatic rings. The summed E-state index contributed by atoms with van der Waals surface area (Å²) in [5.41, 5.74) is 4.98. The number of phenols is 1. The molecule has 3 N–H and O–H groups in total. The van der Waals surface area contributed by atoms with Gasteiger partial charge in [0.1, 0.15) is 5.75 Å². The minimum absolute atomic E-state index is 0.124. The molecule has 7 heteroatoms. The largest absolute Gasteiger partial charge is 0.506 e. The first-order valence-electron chi connectivity index (χ1n) is 8.62. The number of aromatic nitrogens is 2. The normalized spacial score (nSPS) is 19.4. The van der Waals surface area contributed by atoms with Crippen molar-refractivity contribution in [3.63, 3.8) is 0 Å². The topological polar surface area (TPSA) is 64.2 Å². The van der Waals surface area contributed by atoms with Crippen molar-refractivity contribution in [1.29, 1.82) is 0 Å². The van der Waals surface area contributed by atoms with Crippen molar-refractivity contribution >= 4 is 45.6 Å². The van der Waals surface area contributed by atoms with Crippen LogP contribution in [0, 0.1) is 17.4 Å². The minimum Gasteiger partial charge on any atom is -0.506 e. The van der Waals surface area contributed by atoms with Crippen molar-refractivity contribution in [3.05, 3.63) is 74.9 Å². The predicted molar refractivity (Wildman–Crippen MR) is 119 cm³/mol. The fraction of sp³-hybridized carbons (Fsp3) is 0.200. The molecular weight excluding hydrogens is 471 g/mol. The highest BCUT2D eigenvalue weighted by atomic mass is 127. The van der Waals surface area contributed by atoms with Gasteiger partial charge in [-0.3, -0.25) is 4.98 Å². The first kappa shape index (κ1) is 18.2. The van der Waals surface area contributed by atoms with Gasteiger partial charge in [0.05, 0.1) is 23.5 Å². The third-order valence-corrected chi connectivity index (χ3v) is 6.58. The number of aryl methyl sites for hydroxylation is 2. The van der Waals surface area contributed by atoms with Gasteiger partial charge < -0.3 is 20.3 Å². The van der Waals surface area contributed by atoms with Crippen LogP contribution in [-0.2, 0) is 0 Å². The molecule has 0 amide bonds. The monoisotopic (exact) mass is 490 g/mol. The van der Waals surface area contributed by atoms with Gasteiger partial charge in [-0.15, -0.1) is 0 Å². The van der Waals surface area contributed by atoms with Crippen LogP contribution >= 0.6 is 34.8 Å². The Hall–Kier alpha value is -2.13. The number of phenolic OH excluding ortho intramolecular Hbond substituents is 1. The number of rotatable bonds is 3. The molecule has 138 valence electrons.